The second-order valence-electron chi connectivity index (χ2n) is 5.79. The first-order chi connectivity index (χ1) is 10.2. The highest BCUT2D eigenvalue weighted by Gasteiger charge is 2.26. The van der Waals surface area contributed by atoms with E-state index in [4.69, 9.17) is 0 Å². The van der Waals surface area contributed by atoms with E-state index in [0.717, 1.165) is 49.2 Å². The molecule has 0 saturated carbocycles. The smallest absolute Gasteiger partial charge is 0.0813 e. The Morgan fingerprint density at radius 3 is 2.71 bits per heavy atom. The van der Waals surface area contributed by atoms with Crippen molar-refractivity contribution in [2.45, 2.75) is 38.8 Å². The molecule has 2 unspecified atom stereocenters. The predicted molar refractivity (Wildman–Crippen MR) is 91.5 cm³/mol. The molecule has 1 aromatic rings. The molecule has 1 aromatic carbocycles. The van der Waals surface area contributed by atoms with Gasteiger partial charge < -0.3 is 10.0 Å². The highest BCUT2D eigenvalue weighted by Crippen LogP contribution is 2.26. The Morgan fingerprint density at radius 1 is 1.33 bits per heavy atom. The Balaban J connectivity index is 1.80. The molecule has 1 fully saturated rings. The van der Waals surface area contributed by atoms with Gasteiger partial charge in [-0.3, -0.25) is 4.90 Å². The lowest BCUT2D eigenvalue weighted by Gasteiger charge is -2.26. The van der Waals surface area contributed by atoms with E-state index in [-0.39, 0.29) is 6.10 Å². The third-order valence-electron chi connectivity index (χ3n) is 4.56. The Kier molecular flexibility index (Phi) is 6.68. The van der Waals surface area contributed by atoms with Crippen LogP contribution in [0.4, 0.5) is 0 Å². The number of hydrogen-bond acceptors (Lipinski definition) is 3. The van der Waals surface area contributed by atoms with Gasteiger partial charge in [-0.2, -0.15) is 0 Å². The number of aliphatic hydroxyl groups is 1. The maximum atomic E-state index is 10.4. The summed E-state index contributed by atoms with van der Waals surface area (Å²) in [7, 11) is 0. The minimum absolute atomic E-state index is 0.381. The maximum Gasteiger partial charge on any atom is 0.0813 e. The molecule has 0 aromatic heterocycles. The number of nitrogens with zero attached hydrogens (tertiary/aromatic N) is 2. The number of likely N-dealkylation sites (N-methyl/N-ethyl adjacent to an activating group) is 1. The van der Waals surface area contributed by atoms with Crippen LogP contribution >= 0.6 is 15.9 Å². The van der Waals surface area contributed by atoms with Crippen molar-refractivity contribution in [1.29, 1.82) is 0 Å². The Labute approximate surface area is 137 Å². The van der Waals surface area contributed by atoms with Crippen LogP contribution in [0.5, 0.6) is 0 Å². The van der Waals surface area contributed by atoms with Gasteiger partial charge in [0.1, 0.15) is 0 Å². The topological polar surface area (TPSA) is 26.7 Å². The molecule has 0 amide bonds. The van der Waals surface area contributed by atoms with E-state index in [2.05, 4.69) is 39.6 Å². The lowest BCUT2D eigenvalue weighted by atomic mass is 10.1. The zero-order valence-electron chi connectivity index (χ0n) is 13.1. The number of benzene rings is 1. The first-order valence-corrected chi connectivity index (χ1v) is 8.83. The van der Waals surface area contributed by atoms with Gasteiger partial charge in [0.05, 0.1) is 6.10 Å². The van der Waals surface area contributed by atoms with Gasteiger partial charge in [-0.1, -0.05) is 48.0 Å². The van der Waals surface area contributed by atoms with E-state index >= 15 is 0 Å². The van der Waals surface area contributed by atoms with Gasteiger partial charge in [0.2, 0.25) is 0 Å². The summed E-state index contributed by atoms with van der Waals surface area (Å²) in [6.45, 7) is 10.0. The average molecular weight is 355 g/mol. The molecule has 2 atom stereocenters. The molecule has 0 aliphatic carbocycles. The first kappa shape index (κ1) is 16.9. The summed E-state index contributed by atoms with van der Waals surface area (Å²) < 4.78 is 1.000. The zero-order chi connectivity index (χ0) is 15.2. The van der Waals surface area contributed by atoms with Gasteiger partial charge in [0, 0.05) is 23.6 Å². The summed E-state index contributed by atoms with van der Waals surface area (Å²) in [5.41, 5.74) is 0.997. The summed E-state index contributed by atoms with van der Waals surface area (Å²) in [5, 5.41) is 10.4. The minimum Gasteiger partial charge on any atom is -0.388 e. The maximum absolute atomic E-state index is 10.4. The standard InChI is InChI=1S/C17H27BrN2O/c1-3-20(4-2)14-9-11-19(13-14)12-10-17(21)15-7-5-6-8-16(15)18/h5-8,14,17,21H,3-4,9-13H2,1-2H3. The number of rotatable bonds is 7. The fraction of sp³-hybridized carbons (Fsp3) is 0.647. The lowest BCUT2D eigenvalue weighted by Crippen LogP contribution is -2.37. The molecule has 2 rings (SSSR count). The summed E-state index contributed by atoms with van der Waals surface area (Å²) in [6, 6.07) is 8.65. The fourth-order valence-corrected chi connectivity index (χ4v) is 3.81. The van der Waals surface area contributed by atoms with E-state index in [1.807, 2.05) is 24.3 Å². The third-order valence-corrected chi connectivity index (χ3v) is 5.28. The van der Waals surface area contributed by atoms with Crippen LogP contribution in [0.3, 0.4) is 0 Å². The van der Waals surface area contributed by atoms with Crippen LogP contribution in [-0.2, 0) is 0 Å². The van der Waals surface area contributed by atoms with Crippen molar-refractivity contribution in [2.24, 2.45) is 0 Å². The van der Waals surface area contributed by atoms with Crippen molar-refractivity contribution < 1.29 is 5.11 Å². The van der Waals surface area contributed by atoms with Gasteiger partial charge >= 0.3 is 0 Å². The van der Waals surface area contributed by atoms with Gasteiger partial charge in [-0.15, -0.1) is 0 Å². The molecule has 3 nitrogen and oxygen atoms in total. The van der Waals surface area contributed by atoms with Crippen molar-refractivity contribution in [3.8, 4) is 0 Å². The van der Waals surface area contributed by atoms with Crippen LogP contribution in [0.15, 0.2) is 28.7 Å². The molecular formula is C17H27BrN2O. The van der Waals surface area contributed by atoms with Crippen LogP contribution in [0.25, 0.3) is 0 Å². The lowest BCUT2D eigenvalue weighted by molar-refractivity contribution is 0.143. The summed E-state index contributed by atoms with van der Waals surface area (Å²) in [5.74, 6) is 0. The van der Waals surface area contributed by atoms with Crippen molar-refractivity contribution in [3.05, 3.63) is 34.3 Å². The van der Waals surface area contributed by atoms with E-state index in [1.165, 1.54) is 6.42 Å². The van der Waals surface area contributed by atoms with Gasteiger partial charge in [-0.25, -0.2) is 0 Å². The molecule has 1 aliphatic heterocycles. The predicted octanol–water partition coefficient (Wildman–Crippen LogP) is 3.29. The largest absolute Gasteiger partial charge is 0.388 e. The molecule has 1 N–H and O–H groups in total. The normalized spacial score (nSPS) is 21.1. The van der Waals surface area contributed by atoms with Gasteiger partial charge in [-0.05, 0) is 44.1 Å². The fourth-order valence-electron chi connectivity index (χ4n) is 3.26. The second-order valence-corrected chi connectivity index (χ2v) is 6.64. The van der Waals surface area contributed by atoms with Crippen molar-refractivity contribution in [2.75, 3.05) is 32.7 Å². The molecule has 118 valence electrons. The summed E-state index contributed by atoms with van der Waals surface area (Å²) in [6.07, 6.45) is 1.67. The molecule has 1 heterocycles. The number of halogens is 1. The Bertz CT molecular complexity index is 437. The van der Waals surface area contributed by atoms with E-state index in [0.29, 0.717) is 6.04 Å². The van der Waals surface area contributed by atoms with E-state index < -0.39 is 0 Å². The zero-order valence-corrected chi connectivity index (χ0v) is 14.7. The molecule has 0 spiro atoms. The number of hydrogen-bond donors (Lipinski definition) is 1. The second kappa shape index (κ2) is 8.28. The monoisotopic (exact) mass is 354 g/mol. The highest BCUT2D eigenvalue weighted by molar-refractivity contribution is 9.10. The molecule has 1 aliphatic rings. The third kappa shape index (κ3) is 4.52. The number of aliphatic hydroxyl groups excluding tert-OH is 1. The quantitative estimate of drug-likeness (QED) is 0.813. The van der Waals surface area contributed by atoms with Crippen LogP contribution in [0, 0.1) is 0 Å². The highest BCUT2D eigenvalue weighted by atomic mass is 79.9. The van der Waals surface area contributed by atoms with Crippen molar-refractivity contribution in [3.63, 3.8) is 0 Å². The number of likely N-dealkylation sites (tertiary alicyclic amines) is 1. The van der Waals surface area contributed by atoms with Crippen LogP contribution < -0.4 is 0 Å². The van der Waals surface area contributed by atoms with E-state index in [9.17, 15) is 5.11 Å². The molecule has 1 saturated heterocycles. The minimum atomic E-state index is -0.381. The molecular weight excluding hydrogens is 328 g/mol. The Hall–Kier alpha value is -0.420. The summed E-state index contributed by atoms with van der Waals surface area (Å²) in [4.78, 5) is 5.03. The summed E-state index contributed by atoms with van der Waals surface area (Å²) >= 11 is 3.52. The molecule has 0 radical (unpaired) electrons. The van der Waals surface area contributed by atoms with Crippen LogP contribution in [0.1, 0.15) is 38.4 Å². The average Bonchev–Trinajstić information content (AvgIpc) is 2.95. The SMILES string of the molecule is CCN(CC)C1CCN(CCC(O)c2ccccc2Br)C1. The molecule has 4 heteroatoms. The molecule has 21 heavy (non-hydrogen) atoms. The first-order valence-electron chi connectivity index (χ1n) is 8.04. The van der Waals surface area contributed by atoms with Crippen molar-refractivity contribution in [1.82, 2.24) is 9.80 Å². The van der Waals surface area contributed by atoms with Crippen molar-refractivity contribution >= 4 is 15.9 Å². The Morgan fingerprint density at radius 2 is 2.05 bits per heavy atom. The van der Waals surface area contributed by atoms with E-state index in [1.54, 1.807) is 0 Å². The van der Waals surface area contributed by atoms with Gasteiger partial charge in [0.15, 0.2) is 0 Å². The van der Waals surface area contributed by atoms with Crippen LogP contribution in [0.2, 0.25) is 0 Å². The van der Waals surface area contributed by atoms with Gasteiger partial charge in [0.25, 0.3) is 0 Å². The molecule has 0 bridgehead atoms. The van der Waals surface area contributed by atoms with Crippen LogP contribution in [-0.4, -0.2) is 53.7 Å².